The van der Waals surface area contributed by atoms with Crippen LogP contribution < -0.4 is 15.4 Å². The molecule has 2 rings (SSSR count). The molecule has 6 nitrogen and oxygen atoms in total. The van der Waals surface area contributed by atoms with Crippen LogP contribution in [0, 0.1) is 0 Å². The van der Waals surface area contributed by atoms with Crippen molar-refractivity contribution in [1.82, 2.24) is 20.4 Å². The van der Waals surface area contributed by atoms with Crippen molar-refractivity contribution < 1.29 is 4.74 Å². The molecule has 1 heterocycles. The maximum atomic E-state index is 6.09. The van der Waals surface area contributed by atoms with Crippen LogP contribution >= 0.6 is 0 Å². The van der Waals surface area contributed by atoms with Crippen molar-refractivity contribution in [3.63, 3.8) is 0 Å². The van der Waals surface area contributed by atoms with Crippen LogP contribution in [0.15, 0.2) is 29.3 Å². The van der Waals surface area contributed by atoms with E-state index in [0.717, 1.165) is 43.5 Å². The van der Waals surface area contributed by atoms with E-state index in [1.165, 1.54) is 38.9 Å². The van der Waals surface area contributed by atoms with E-state index >= 15 is 0 Å². The van der Waals surface area contributed by atoms with Gasteiger partial charge in [-0.25, -0.2) is 4.99 Å². The van der Waals surface area contributed by atoms with Crippen molar-refractivity contribution >= 4 is 5.96 Å². The highest BCUT2D eigenvalue weighted by atomic mass is 16.5. The minimum absolute atomic E-state index is 0.497. The van der Waals surface area contributed by atoms with E-state index in [2.05, 4.69) is 66.3 Å². The third-order valence-electron chi connectivity index (χ3n) is 5.75. The largest absolute Gasteiger partial charge is 0.492 e. The molecule has 0 unspecified atom stereocenters. The molecule has 1 aromatic carbocycles. The van der Waals surface area contributed by atoms with E-state index in [1.54, 1.807) is 0 Å². The minimum atomic E-state index is 0.497. The zero-order chi connectivity index (χ0) is 21.6. The smallest absolute Gasteiger partial charge is 0.191 e. The Kier molecular flexibility index (Phi) is 11.6. The van der Waals surface area contributed by atoms with Crippen LogP contribution in [0.1, 0.15) is 52.5 Å². The Morgan fingerprint density at radius 2 is 1.87 bits per heavy atom. The second-order valence-electron chi connectivity index (χ2n) is 7.94. The van der Waals surface area contributed by atoms with Gasteiger partial charge < -0.3 is 25.2 Å². The molecule has 2 N–H and O–H groups in total. The molecule has 170 valence electrons. The molecule has 0 amide bonds. The number of aliphatic imine (C=N–C) groups is 1. The third-order valence-corrected chi connectivity index (χ3v) is 5.75. The predicted molar refractivity (Wildman–Crippen MR) is 127 cm³/mol. The van der Waals surface area contributed by atoms with Crippen molar-refractivity contribution in [2.24, 2.45) is 4.99 Å². The molecular weight excluding hydrogens is 374 g/mol. The van der Waals surface area contributed by atoms with Gasteiger partial charge in [-0.3, -0.25) is 0 Å². The standard InChI is InChI=1S/C24H43N5O/c1-5-15-29-16-13-22(14-17-29)27-24(25-6-2)26-20-21-11-9-10-12-23(21)30-19-18-28(7-3)8-4/h9-12,22H,5-8,13-20H2,1-4H3,(H2,25,26,27). The van der Waals surface area contributed by atoms with Crippen LogP contribution in [0.5, 0.6) is 5.75 Å². The van der Waals surface area contributed by atoms with E-state index in [1.807, 2.05) is 6.07 Å². The Morgan fingerprint density at radius 1 is 1.13 bits per heavy atom. The molecule has 1 aliphatic rings. The fraction of sp³-hybridized carbons (Fsp3) is 0.708. The Labute approximate surface area is 184 Å². The van der Waals surface area contributed by atoms with Crippen molar-refractivity contribution in [2.75, 3.05) is 52.4 Å². The van der Waals surface area contributed by atoms with Gasteiger partial charge in [0.2, 0.25) is 0 Å². The molecule has 0 radical (unpaired) electrons. The Bertz CT molecular complexity index is 609. The van der Waals surface area contributed by atoms with E-state index in [4.69, 9.17) is 9.73 Å². The predicted octanol–water partition coefficient (Wildman–Crippen LogP) is 3.34. The summed E-state index contributed by atoms with van der Waals surface area (Å²) >= 11 is 0. The van der Waals surface area contributed by atoms with Crippen LogP contribution in [0.4, 0.5) is 0 Å². The highest BCUT2D eigenvalue weighted by Crippen LogP contribution is 2.19. The van der Waals surface area contributed by atoms with E-state index < -0.39 is 0 Å². The first-order valence-electron chi connectivity index (χ1n) is 11.9. The summed E-state index contributed by atoms with van der Waals surface area (Å²) < 4.78 is 6.09. The lowest BCUT2D eigenvalue weighted by Crippen LogP contribution is -2.48. The number of piperidine rings is 1. The number of benzene rings is 1. The summed E-state index contributed by atoms with van der Waals surface area (Å²) in [7, 11) is 0. The van der Waals surface area contributed by atoms with E-state index in [9.17, 15) is 0 Å². The number of likely N-dealkylation sites (N-methyl/N-ethyl adjacent to an activating group) is 1. The van der Waals surface area contributed by atoms with Gasteiger partial charge in [0, 0.05) is 37.8 Å². The molecule has 1 fully saturated rings. The molecule has 0 spiro atoms. The lowest BCUT2D eigenvalue weighted by Gasteiger charge is -2.32. The Hall–Kier alpha value is -1.79. The van der Waals surface area contributed by atoms with Gasteiger partial charge >= 0.3 is 0 Å². The lowest BCUT2D eigenvalue weighted by molar-refractivity contribution is 0.206. The van der Waals surface area contributed by atoms with Gasteiger partial charge in [-0.1, -0.05) is 39.0 Å². The van der Waals surface area contributed by atoms with Crippen LogP contribution in [0.3, 0.4) is 0 Å². The monoisotopic (exact) mass is 417 g/mol. The SMILES string of the molecule is CCCN1CCC(NC(=NCc2ccccc2OCCN(CC)CC)NCC)CC1. The van der Waals surface area contributed by atoms with E-state index in [0.29, 0.717) is 19.2 Å². The first-order chi connectivity index (χ1) is 14.7. The third kappa shape index (κ3) is 8.52. The van der Waals surface area contributed by atoms with Gasteiger partial charge in [-0.15, -0.1) is 0 Å². The highest BCUT2D eigenvalue weighted by molar-refractivity contribution is 5.80. The summed E-state index contributed by atoms with van der Waals surface area (Å²) in [6.07, 6.45) is 3.59. The molecule has 30 heavy (non-hydrogen) atoms. The zero-order valence-electron chi connectivity index (χ0n) is 19.6. The number of nitrogens with one attached hydrogen (secondary N) is 2. The maximum Gasteiger partial charge on any atom is 0.191 e. The Balaban J connectivity index is 1.91. The molecule has 6 heteroatoms. The normalized spacial score (nSPS) is 16.1. The fourth-order valence-corrected chi connectivity index (χ4v) is 3.89. The lowest BCUT2D eigenvalue weighted by atomic mass is 10.1. The number of rotatable bonds is 12. The summed E-state index contributed by atoms with van der Waals surface area (Å²) in [4.78, 5) is 9.80. The second kappa shape index (κ2) is 14.3. The van der Waals surface area contributed by atoms with Gasteiger partial charge in [-0.05, 0) is 51.9 Å². The molecule has 0 aromatic heterocycles. The summed E-state index contributed by atoms with van der Waals surface area (Å²) in [5.74, 6) is 1.85. The Morgan fingerprint density at radius 3 is 2.53 bits per heavy atom. The second-order valence-corrected chi connectivity index (χ2v) is 7.94. The van der Waals surface area contributed by atoms with Gasteiger partial charge in [0.15, 0.2) is 5.96 Å². The molecular formula is C24H43N5O. The van der Waals surface area contributed by atoms with Crippen LogP contribution in [0.2, 0.25) is 0 Å². The fourth-order valence-electron chi connectivity index (χ4n) is 3.89. The molecule has 0 saturated carbocycles. The number of nitrogens with zero attached hydrogens (tertiary/aromatic N) is 3. The van der Waals surface area contributed by atoms with Crippen molar-refractivity contribution in [3.8, 4) is 5.75 Å². The molecule has 0 bridgehead atoms. The quantitative estimate of drug-likeness (QED) is 0.404. The summed E-state index contributed by atoms with van der Waals surface area (Å²) in [6, 6.07) is 8.76. The summed E-state index contributed by atoms with van der Waals surface area (Å²) in [6.45, 7) is 17.6. The molecule has 0 atom stereocenters. The average Bonchev–Trinajstić information content (AvgIpc) is 2.77. The van der Waals surface area contributed by atoms with Gasteiger partial charge in [0.1, 0.15) is 12.4 Å². The van der Waals surface area contributed by atoms with Crippen LogP contribution in [0.25, 0.3) is 0 Å². The van der Waals surface area contributed by atoms with Gasteiger partial charge in [-0.2, -0.15) is 0 Å². The summed E-state index contributed by atoms with van der Waals surface area (Å²) in [5.41, 5.74) is 1.13. The van der Waals surface area contributed by atoms with Crippen molar-refractivity contribution in [2.45, 2.75) is 59.5 Å². The number of ether oxygens (including phenoxy) is 1. The van der Waals surface area contributed by atoms with Gasteiger partial charge in [0.05, 0.1) is 6.54 Å². The first kappa shape index (κ1) is 24.5. The average molecular weight is 418 g/mol. The van der Waals surface area contributed by atoms with E-state index in [-0.39, 0.29) is 0 Å². The zero-order valence-corrected chi connectivity index (χ0v) is 19.6. The highest BCUT2D eigenvalue weighted by Gasteiger charge is 2.19. The summed E-state index contributed by atoms with van der Waals surface area (Å²) in [5, 5.41) is 7.05. The minimum Gasteiger partial charge on any atom is -0.492 e. The molecule has 1 saturated heterocycles. The number of likely N-dealkylation sites (tertiary alicyclic amines) is 1. The van der Waals surface area contributed by atoms with Crippen molar-refractivity contribution in [1.29, 1.82) is 0 Å². The first-order valence-corrected chi connectivity index (χ1v) is 11.9. The maximum absolute atomic E-state index is 6.09. The number of guanidine groups is 1. The topological polar surface area (TPSA) is 52.1 Å². The van der Waals surface area contributed by atoms with Crippen LogP contribution in [-0.4, -0.2) is 74.2 Å². The number of para-hydroxylation sites is 1. The van der Waals surface area contributed by atoms with Gasteiger partial charge in [0.25, 0.3) is 0 Å². The molecule has 1 aromatic rings. The molecule has 1 aliphatic heterocycles. The number of hydrogen-bond acceptors (Lipinski definition) is 4. The van der Waals surface area contributed by atoms with Crippen LogP contribution in [-0.2, 0) is 6.54 Å². The number of hydrogen-bond donors (Lipinski definition) is 2. The molecule has 0 aliphatic carbocycles. The van der Waals surface area contributed by atoms with Crippen molar-refractivity contribution in [3.05, 3.63) is 29.8 Å².